The number of carbonyl (C=O) groups excluding carboxylic acids is 3. The van der Waals surface area contributed by atoms with E-state index in [-0.39, 0.29) is 43.5 Å². The summed E-state index contributed by atoms with van der Waals surface area (Å²) in [5.41, 5.74) is 3.00. The number of anilines is 1. The second-order valence-corrected chi connectivity index (χ2v) is 7.76. The quantitative estimate of drug-likeness (QED) is 0.622. The van der Waals surface area contributed by atoms with E-state index in [1.165, 1.54) is 10.5 Å². The first kappa shape index (κ1) is 21.6. The number of amides is 3. The number of hydrogen-bond donors (Lipinski definition) is 0. The molecule has 0 atom stereocenters. The zero-order chi connectivity index (χ0) is 21.7. The molecular weight excluding hydrogens is 380 g/mol. The number of benzene rings is 2. The van der Waals surface area contributed by atoms with Gasteiger partial charge < -0.3 is 9.64 Å². The van der Waals surface area contributed by atoms with Crippen molar-refractivity contribution < 1.29 is 19.1 Å². The normalized spacial score (nSPS) is 13.8. The van der Waals surface area contributed by atoms with E-state index in [4.69, 9.17) is 4.74 Å². The van der Waals surface area contributed by atoms with E-state index in [1.54, 1.807) is 12.0 Å². The Morgan fingerprint density at radius 1 is 1.00 bits per heavy atom. The summed E-state index contributed by atoms with van der Waals surface area (Å²) >= 11 is 0. The third-order valence-corrected chi connectivity index (χ3v) is 5.38. The van der Waals surface area contributed by atoms with Crippen LogP contribution in [0.15, 0.2) is 48.5 Å². The summed E-state index contributed by atoms with van der Waals surface area (Å²) < 4.78 is 5.22. The van der Waals surface area contributed by atoms with Gasteiger partial charge in [-0.25, -0.2) is 0 Å². The molecule has 1 heterocycles. The molecule has 0 unspecified atom stereocenters. The van der Waals surface area contributed by atoms with Gasteiger partial charge in [0.2, 0.25) is 17.7 Å². The average Bonchev–Trinajstić information content (AvgIpc) is 3.08. The molecule has 0 N–H and O–H groups in total. The fraction of sp³-hybridized carbons (Fsp3) is 0.375. The Balaban J connectivity index is 1.78. The Kier molecular flexibility index (Phi) is 6.87. The molecule has 3 rings (SSSR count). The maximum Gasteiger partial charge on any atom is 0.229 e. The van der Waals surface area contributed by atoms with Crippen LogP contribution in [0.2, 0.25) is 0 Å². The van der Waals surface area contributed by atoms with E-state index < -0.39 is 0 Å². The Morgan fingerprint density at radius 3 is 2.13 bits per heavy atom. The average molecular weight is 408 g/mol. The summed E-state index contributed by atoms with van der Waals surface area (Å²) in [6, 6.07) is 15.5. The van der Waals surface area contributed by atoms with E-state index in [2.05, 4.69) is 26.0 Å². The zero-order valence-corrected chi connectivity index (χ0v) is 17.8. The molecule has 0 bridgehead atoms. The van der Waals surface area contributed by atoms with Crippen molar-refractivity contribution in [3.63, 3.8) is 0 Å². The van der Waals surface area contributed by atoms with Gasteiger partial charge in [0.05, 0.1) is 13.7 Å². The summed E-state index contributed by atoms with van der Waals surface area (Å²) in [6.07, 6.45) is 0.558. The minimum Gasteiger partial charge on any atom is -0.497 e. The van der Waals surface area contributed by atoms with E-state index in [1.807, 2.05) is 36.4 Å². The summed E-state index contributed by atoms with van der Waals surface area (Å²) in [7, 11) is 1.60. The van der Waals surface area contributed by atoms with Crippen molar-refractivity contribution in [2.24, 2.45) is 0 Å². The third-order valence-electron chi connectivity index (χ3n) is 5.38. The lowest BCUT2D eigenvalue weighted by Gasteiger charge is -2.24. The molecule has 1 aliphatic rings. The molecule has 0 aromatic heterocycles. The summed E-state index contributed by atoms with van der Waals surface area (Å²) in [5.74, 6) is 0.608. The summed E-state index contributed by atoms with van der Waals surface area (Å²) in [4.78, 5) is 39.7. The Labute approximate surface area is 177 Å². The molecule has 0 saturated carbocycles. The molecule has 30 heavy (non-hydrogen) atoms. The lowest BCUT2D eigenvalue weighted by molar-refractivity contribution is -0.138. The number of carbonyl (C=O) groups is 3. The van der Waals surface area contributed by atoms with Gasteiger partial charge in [-0.2, -0.15) is 0 Å². The molecule has 3 amide bonds. The van der Waals surface area contributed by atoms with Crippen molar-refractivity contribution in [2.45, 2.75) is 45.6 Å². The van der Waals surface area contributed by atoms with Crippen LogP contribution in [-0.2, 0) is 20.9 Å². The molecule has 1 fully saturated rings. The highest BCUT2D eigenvalue weighted by Gasteiger charge is 2.29. The molecule has 6 heteroatoms. The van der Waals surface area contributed by atoms with Crippen molar-refractivity contribution in [2.75, 3.05) is 18.6 Å². The van der Waals surface area contributed by atoms with Crippen LogP contribution in [0.4, 0.5) is 5.69 Å². The largest absolute Gasteiger partial charge is 0.497 e. The molecule has 2 aromatic rings. The monoisotopic (exact) mass is 408 g/mol. The Bertz CT molecular complexity index is 888. The van der Waals surface area contributed by atoms with Crippen LogP contribution in [0.1, 0.15) is 50.2 Å². The van der Waals surface area contributed by atoms with Crippen molar-refractivity contribution in [1.29, 1.82) is 0 Å². The zero-order valence-electron chi connectivity index (χ0n) is 17.8. The highest BCUT2D eigenvalue weighted by molar-refractivity contribution is 6.02. The Hall–Kier alpha value is -3.15. The van der Waals surface area contributed by atoms with Crippen LogP contribution in [0.3, 0.4) is 0 Å². The maximum absolute atomic E-state index is 13.1. The molecule has 1 saturated heterocycles. The second kappa shape index (κ2) is 9.57. The van der Waals surface area contributed by atoms with Gasteiger partial charge in [0.25, 0.3) is 0 Å². The van der Waals surface area contributed by atoms with Crippen molar-refractivity contribution in [1.82, 2.24) is 4.90 Å². The van der Waals surface area contributed by atoms with Gasteiger partial charge in [0, 0.05) is 31.5 Å². The fourth-order valence-corrected chi connectivity index (χ4v) is 3.49. The highest BCUT2D eigenvalue weighted by atomic mass is 16.5. The first-order valence-electron chi connectivity index (χ1n) is 10.3. The second-order valence-electron chi connectivity index (χ2n) is 7.76. The summed E-state index contributed by atoms with van der Waals surface area (Å²) in [6.45, 7) is 4.81. The summed E-state index contributed by atoms with van der Waals surface area (Å²) in [5, 5.41) is 0. The van der Waals surface area contributed by atoms with E-state index in [9.17, 15) is 14.4 Å². The number of likely N-dealkylation sites (tertiary alicyclic amines) is 1. The van der Waals surface area contributed by atoms with Crippen LogP contribution in [0.5, 0.6) is 5.75 Å². The van der Waals surface area contributed by atoms with Gasteiger partial charge in [-0.05, 0) is 41.3 Å². The van der Waals surface area contributed by atoms with Crippen LogP contribution in [0, 0.1) is 0 Å². The van der Waals surface area contributed by atoms with E-state index in [0.29, 0.717) is 18.2 Å². The number of hydrogen-bond acceptors (Lipinski definition) is 4. The predicted molar refractivity (Wildman–Crippen MR) is 115 cm³/mol. The van der Waals surface area contributed by atoms with Crippen molar-refractivity contribution in [3.05, 3.63) is 59.7 Å². The van der Waals surface area contributed by atoms with Crippen LogP contribution >= 0.6 is 0 Å². The van der Waals surface area contributed by atoms with Crippen LogP contribution < -0.4 is 9.64 Å². The van der Waals surface area contributed by atoms with Gasteiger partial charge in [-0.15, -0.1) is 0 Å². The first-order chi connectivity index (χ1) is 14.4. The lowest BCUT2D eigenvalue weighted by Crippen LogP contribution is -2.36. The molecule has 0 radical (unpaired) electrons. The maximum atomic E-state index is 13.1. The fourth-order valence-electron chi connectivity index (χ4n) is 3.49. The lowest BCUT2D eigenvalue weighted by atomic mass is 10.0. The smallest absolute Gasteiger partial charge is 0.229 e. The number of imide groups is 1. The predicted octanol–water partition coefficient (Wildman–Crippen LogP) is 3.89. The molecule has 2 aromatic carbocycles. The molecule has 0 aliphatic carbocycles. The van der Waals surface area contributed by atoms with Gasteiger partial charge in [0.1, 0.15) is 5.75 Å². The number of nitrogens with zero attached hydrogens (tertiary/aromatic N) is 2. The van der Waals surface area contributed by atoms with Crippen LogP contribution in [0.25, 0.3) is 0 Å². The minimum absolute atomic E-state index is 0.0909. The molecule has 6 nitrogen and oxygen atoms in total. The number of methoxy groups -OCH3 is 1. The van der Waals surface area contributed by atoms with Gasteiger partial charge >= 0.3 is 0 Å². The minimum atomic E-state index is -0.201. The standard InChI is InChI=1S/C24H28N2O4/c1-17(2)19-6-4-18(5-7-19)16-26(20-8-10-21(30-3)11-9-20)24(29)14-15-25-22(27)12-13-23(25)28/h4-11,17H,12-16H2,1-3H3. The Morgan fingerprint density at radius 2 is 1.60 bits per heavy atom. The SMILES string of the molecule is COc1ccc(N(Cc2ccc(C(C)C)cc2)C(=O)CCN2C(=O)CCC2=O)cc1. The van der Waals surface area contributed by atoms with Gasteiger partial charge in [0.15, 0.2) is 0 Å². The topological polar surface area (TPSA) is 66.9 Å². The van der Waals surface area contributed by atoms with Crippen molar-refractivity contribution in [3.8, 4) is 5.75 Å². The first-order valence-corrected chi connectivity index (χ1v) is 10.3. The van der Waals surface area contributed by atoms with Gasteiger partial charge in [-0.1, -0.05) is 38.1 Å². The molecule has 1 aliphatic heterocycles. The molecule has 0 spiro atoms. The van der Waals surface area contributed by atoms with Crippen molar-refractivity contribution >= 4 is 23.4 Å². The molecule has 158 valence electrons. The van der Waals surface area contributed by atoms with E-state index >= 15 is 0 Å². The number of rotatable bonds is 8. The van der Waals surface area contributed by atoms with E-state index in [0.717, 1.165) is 11.3 Å². The highest BCUT2D eigenvalue weighted by Crippen LogP contribution is 2.23. The van der Waals surface area contributed by atoms with Gasteiger partial charge in [-0.3, -0.25) is 19.3 Å². The third kappa shape index (κ3) is 5.06. The molecular formula is C24H28N2O4. The van der Waals surface area contributed by atoms with Crippen LogP contribution in [-0.4, -0.2) is 36.3 Å². The number of ether oxygens (including phenoxy) is 1.